The lowest BCUT2D eigenvalue weighted by atomic mass is 10.3. The van der Waals surface area contributed by atoms with Crippen LogP contribution in [0.3, 0.4) is 0 Å². The van der Waals surface area contributed by atoms with Crippen molar-refractivity contribution < 1.29 is 4.18 Å². The van der Waals surface area contributed by atoms with Crippen LogP contribution in [0.4, 0.5) is 10.9 Å². The maximum absolute atomic E-state index is 6.84. The van der Waals surface area contributed by atoms with Gasteiger partial charge in [-0.15, -0.1) is 11.3 Å². The summed E-state index contributed by atoms with van der Waals surface area (Å²) in [6, 6.07) is 3.78. The Labute approximate surface area is 111 Å². The lowest BCUT2D eigenvalue weighted by Gasteiger charge is -2.04. The molecule has 17 heavy (non-hydrogen) atoms. The minimum Gasteiger partial charge on any atom is -0.323 e. The topological polar surface area (TPSA) is 47.0 Å². The summed E-state index contributed by atoms with van der Waals surface area (Å²) in [5.74, 6) is 0.741. The first kappa shape index (κ1) is 11.1. The fourth-order valence-electron chi connectivity index (χ4n) is 1.26. The Kier molecular flexibility index (Phi) is 3.93. The SMILES string of the molecule is [3H][B]SOCc1ccnc(Nc2ncc(C)s2)c1. The number of rotatable bonds is 6. The summed E-state index contributed by atoms with van der Waals surface area (Å²) in [4.78, 5) is 9.59. The Hall–Kier alpha value is -1.05. The van der Waals surface area contributed by atoms with Crippen molar-refractivity contribution >= 4 is 41.3 Å². The molecule has 0 amide bonds. The molecule has 4 nitrogen and oxygen atoms in total. The minimum atomic E-state index is 0.439. The van der Waals surface area contributed by atoms with Gasteiger partial charge in [0.25, 0.3) is 0 Å². The fraction of sp³-hybridized carbons (Fsp3) is 0.200. The van der Waals surface area contributed by atoms with Crippen molar-refractivity contribution in [2.45, 2.75) is 13.5 Å². The zero-order valence-corrected chi connectivity index (χ0v) is 10.8. The molecule has 0 aliphatic rings. The molecular formula is C10H11BN3OS2. The molecule has 0 aliphatic heterocycles. The number of thiazole rings is 1. The molecule has 0 saturated carbocycles. The van der Waals surface area contributed by atoms with E-state index in [2.05, 4.69) is 15.3 Å². The molecule has 0 aliphatic carbocycles. The van der Waals surface area contributed by atoms with Gasteiger partial charge in [0.2, 0.25) is 7.09 Å². The van der Waals surface area contributed by atoms with Crippen LogP contribution in [0.25, 0.3) is 0 Å². The van der Waals surface area contributed by atoms with Crippen molar-refractivity contribution in [3.05, 3.63) is 35.0 Å². The largest absolute Gasteiger partial charge is 0.323 e. The van der Waals surface area contributed by atoms with Gasteiger partial charge >= 0.3 is 0 Å². The van der Waals surface area contributed by atoms with Crippen LogP contribution in [-0.4, -0.2) is 18.4 Å². The van der Waals surface area contributed by atoms with Crippen LogP contribution in [0, 0.1) is 6.92 Å². The predicted octanol–water partition coefficient (Wildman–Crippen LogP) is 2.57. The van der Waals surface area contributed by atoms with Crippen molar-refractivity contribution in [1.82, 2.24) is 9.97 Å². The van der Waals surface area contributed by atoms with Crippen LogP contribution >= 0.6 is 23.2 Å². The minimum absolute atomic E-state index is 0.439. The third-order valence-electron chi connectivity index (χ3n) is 1.97. The molecular weight excluding hydrogens is 253 g/mol. The average Bonchev–Trinajstić information content (AvgIpc) is 2.76. The Morgan fingerprint density at radius 3 is 3.35 bits per heavy atom. The third kappa shape index (κ3) is 3.73. The maximum atomic E-state index is 6.84. The fourth-order valence-corrected chi connectivity index (χ4v) is 2.13. The van der Waals surface area contributed by atoms with Gasteiger partial charge in [-0.1, -0.05) is 11.9 Å². The molecule has 0 atom stereocenters. The quantitative estimate of drug-likeness (QED) is 0.494. The highest BCUT2D eigenvalue weighted by Crippen LogP contribution is 2.21. The second-order valence-electron chi connectivity index (χ2n) is 3.31. The second kappa shape index (κ2) is 6.04. The zero-order chi connectivity index (χ0) is 12.8. The van der Waals surface area contributed by atoms with Gasteiger partial charge in [0.15, 0.2) is 5.13 Å². The molecule has 87 valence electrons. The lowest BCUT2D eigenvalue weighted by molar-refractivity contribution is 0.369. The van der Waals surface area contributed by atoms with Gasteiger partial charge in [-0.25, -0.2) is 9.97 Å². The summed E-state index contributed by atoms with van der Waals surface area (Å²) in [6.07, 6.45) is 3.54. The average molecular weight is 266 g/mol. The summed E-state index contributed by atoms with van der Waals surface area (Å²) < 4.78 is 12.0. The highest BCUT2D eigenvalue weighted by atomic mass is 32.2. The third-order valence-corrected chi connectivity index (χ3v) is 3.06. The van der Waals surface area contributed by atoms with E-state index in [4.69, 9.17) is 5.52 Å². The van der Waals surface area contributed by atoms with Crippen LogP contribution in [0.15, 0.2) is 24.5 Å². The summed E-state index contributed by atoms with van der Waals surface area (Å²) >= 11 is 2.59. The molecule has 7 heteroatoms. The lowest BCUT2D eigenvalue weighted by Crippen LogP contribution is -1.94. The Morgan fingerprint density at radius 1 is 1.65 bits per heavy atom. The Balaban J connectivity index is 1.98. The number of aromatic nitrogens is 2. The van der Waals surface area contributed by atoms with Gasteiger partial charge in [0, 0.05) is 17.3 Å². The molecule has 1 N–H and O–H groups in total. The van der Waals surface area contributed by atoms with Gasteiger partial charge in [-0.3, -0.25) is 0 Å². The molecule has 2 heterocycles. The molecule has 0 fully saturated rings. The number of hydrogen-bond acceptors (Lipinski definition) is 6. The smallest absolute Gasteiger partial charge is 0.209 e. The number of hydrogen-bond donors (Lipinski definition) is 1. The van der Waals surface area contributed by atoms with E-state index in [1.807, 2.05) is 25.3 Å². The van der Waals surface area contributed by atoms with E-state index in [1.165, 1.54) is 0 Å². The van der Waals surface area contributed by atoms with Crippen molar-refractivity contribution in [3.63, 3.8) is 0 Å². The van der Waals surface area contributed by atoms with Crippen LogP contribution in [-0.2, 0) is 10.8 Å². The standard InChI is InChI=1S/C10H11BN3OS2/c1-7-5-13-10(16-7)14-9-4-8(2-3-12-9)6-15-17-11/h2-5,11H,6H2,1H3,(H,12,13,14)/i11T. The van der Waals surface area contributed by atoms with Gasteiger partial charge in [-0.05, 0) is 26.0 Å². The molecule has 2 aromatic heterocycles. The van der Waals surface area contributed by atoms with Crippen molar-refractivity contribution in [1.29, 1.82) is 1.34 Å². The number of nitrogens with one attached hydrogen (secondary N) is 1. The van der Waals surface area contributed by atoms with E-state index in [1.54, 1.807) is 17.5 Å². The number of aryl methyl sites for hydroxylation is 1. The van der Waals surface area contributed by atoms with E-state index in [-0.39, 0.29) is 0 Å². The summed E-state index contributed by atoms with van der Waals surface area (Å²) in [5.41, 5.74) is 0.995. The zero-order valence-electron chi connectivity index (χ0n) is 10.2. The number of anilines is 2. The number of pyridine rings is 1. The van der Waals surface area contributed by atoms with E-state index in [0.717, 1.165) is 40.4 Å². The molecule has 0 spiro atoms. The van der Waals surface area contributed by atoms with Crippen LogP contribution in [0.2, 0.25) is 0 Å². The maximum Gasteiger partial charge on any atom is 0.209 e. The molecule has 0 unspecified atom stereocenters. The first-order valence-electron chi connectivity index (χ1n) is 5.48. The van der Waals surface area contributed by atoms with Gasteiger partial charge in [0.05, 0.1) is 6.61 Å². The summed E-state index contributed by atoms with van der Waals surface area (Å²) in [5, 5.41) is 3.97. The van der Waals surface area contributed by atoms with E-state index in [9.17, 15) is 0 Å². The van der Waals surface area contributed by atoms with E-state index >= 15 is 0 Å². The highest BCUT2D eigenvalue weighted by Gasteiger charge is 2.01. The molecule has 0 bridgehead atoms. The van der Waals surface area contributed by atoms with E-state index in [0.29, 0.717) is 6.61 Å². The molecule has 1 radical (unpaired) electrons. The molecule has 0 saturated heterocycles. The Bertz CT molecular complexity index is 511. The van der Waals surface area contributed by atoms with Crippen molar-refractivity contribution in [2.24, 2.45) is 0 Å². The first-order chi connectivity index (χ1) is 8.78. The molecule has 0 aromatic carbocycles. The van der Waals surface area contributed by atoms with E-state index < -0.39 is 0 Å². The molecule has 2 rings (SSSR count). The first-order valence-corrected chi connectivity index (χ1v) is 6.53. The second-order valence-corrected chi connectivity index (χ2v) is 4.97. The number of nitrogens with zero attached hydrogens (tertiary/aromatic N) is 2. The van der Waals surface area contributed by atoms with Crippen LogP contribution in [0.1, 0.15) is 10.4 Å². The highest BCUT2D eigenvalue weighted by molar-refractivity contribution is 8.15. The van der Waals surface area contributed by atoms with Crippen LogP contribution < -0.4 is 5.32 Å². The Morgan fingerprint density at radius 2 is 2.59 bits per heavy atom. The van der Waals surface area contributed by atoms with Gasteiger partial charge in [0.1, 0.15) is 5.82 Å². The summed E-state index contributed by atoms with van der Waals surface area (Å²) in [6.45, 7) is 2.45. The summed E-state index contributed by atoms with van der Waals surface area (Å²) in [7, 11) is 1.15. The van der Waals surface area contributed by atoms with Crippen molar-refractivity contribution in [3.8, 4) is 0 Å². The van der Waals surface area contributed by atoms with Gasteiger partial charge < -0.3 is 9.50 Å². The predicted molar refractivity (Wildman–Crippen MR) is 73.9 cm³/mol. The van der Waals surface area contributed by atoms with Crippen molar-refractivity contribution in [2.75, 3.05) is 5.32 Å². The molecule has 2 aromatic rings. The normalized spacial score (nSPS) is 11.0. The van der Waals surface area contributed by atoms with Gasteiger partial charge in [-0.2, -0.15) is 0 Å². The monoisotopic (exact) mass is 266 g/mol. The van der Waals surface area contributed by atoms with Crippen LogP contribution in [0.5, 0.6) is 0 Å².